The van der Waals surface area contributed by atoms with Crippen LogP contribution < -0.4 is 0 Å². The van der Waals surface area contributed by atoms with E-state index in [0.29, 0.717) is 55.4 Å². The maximum Gasteiger partial charge on any atom is 0.410 e. The number of nitrogens with zero attached hydrogens (tertiary/aromatic N) is 4. The smallest absolute Gasteiger partial charge is 0.410 e. The van der Waals surface area contributed by atoms with Gasteiger partial charge in [0.25, 0.3) is 5.91 Å². The van der Waals surface area contributed by atoms with Crippen molar-refractivity contribution in [3.05, 3.63) is 34.7 Å². The molecule has 8 heteroatoms. The topological polar surface area (TPSA) is 67.2 Å². The molecule has 0 radical (unpaired) electrons. The number of carbonyl (C=O) groups is 2. The van der Waals surface area contributed by atoms with Gasteiger partial charge in [-0.2, -0.15) is 0 Å². The van der Waals surface area contributed by atoms with Crippen molar-refractivity contribution in [3.63, 3.8) is 0 Å². The fraction of sp³-hybridized carbons (Fsp3) is 0.550. The number of hydrogen-bond donors (Lipinski definition) is 0. The van der Waals surface area contributed by atoms with E-state index < -0.39 is 5.60 Å². The summed E-state index contributed by atoms with van der Waals surface area (Å²) >= 11 is 6.13. The van der Waals surface area contributed by atoms with Gasteiger partial charge in [-0.1, -0.05) is 18.5 Å². The second-order valence-corrected chi connectivity index (χ2v) is 8.39. The molecule has 0 saturated carbocycles. The SMILES string of the molecule is CCc1nc2ccc(Cl)cn2c1C(=O)N1CCCN(C(=O)OC(C)(C)C)CC1. The Morgan fingerprint density at radius 1 is 1.14 bits per heavy atom. The molecule has 3 rings (SSSR count). The lowest BCUT2D eigenvalue weighted by atomic mass is 10.2. The Labute approximate surface area is 170 Å². The number of aromatic nitrogens is 2. The van der Waals surface area contributed by atoms with Crippen LogP contribution in [0.3, 0.4) is 0 Å². The number of halogens is 1. The summed E-state index contributed by atoms with van der Waals surface area (Å²) in [6.45, 7) is 9.57. The summed E-state index contributed by atoms with van der Waals surface area (Å²) in [6.07, 6.45) is 2.74. The highest BCUT2D eigenvalue weighted by atomic mass is 35.5. The van der Waals surface area contributed by atoms with Gasteiger partial charge in [0.05, 0.1) is 10.7 Å². The fourth-order valence-electron chi connectivity index (χ4n) is 3.32. The number of carbonyl (C=O) groups excluding carboxylic acids is 2. The highest BCUT2D eigenvalue weighted by Gasteiger charge is 2.28. The molecular weight excluding hydrogens is 380 g/mol. The number of rotatable bonds is 2. The van der Waals surface area contributed by atoms with Crippen molar-refractivity contribution in [2.75, 3.05) is 26.2 Å². The molecule has 2 aromatic rings. The number of imidazole rings is 1. The Morgan fingerprint density at radius 3 is 2.50 bits per heavy atom. The lowest BCUT2D eigenvalue weighted by Gasteiger charge is -2.26. The van der Waals surface area contributed by atoms with Crippen LogP contribution in [0.15, 0.2) is 18.3 Å². The summed E-state index contributed by atoms with van der Waals surface area (Å²) in [5, 5.41) is 0.550. The number of pyridine rings is 1. The quantitative estimate of drug-likeness (QED) is 0.763. The minimum atomic E-state index is -0.537. The first kappa shape index (κ1) is 20.5. The highest BCUT2D eigenvalue weighted by molar-refractivity contribution is 6.30. The normalized spacial score (nSPS) is 15.6. The number of amides is 2. The van der Waals surface area contributed by atoms with E-state index in [-0.39, 0.29) is 12.0 Å². The van der Waals surface area contributed by atoms with E-state index >= 15 is 0 Å². The summed E-state index contributed by atoms with van der Waals surface area (Å²) in [5.74, 6) is -0.0855. The van der Waals surface area contributed by atoms with Crippen molar-refractivity contribution in [3.8, 4) is 0 Å². The number of hydrogen-bond acceptors (Lipinski definition) is 4. The van der Waals surface area contributed by atoms with Crippen LogP contribution in [0.1, 0.15) is 50.3 Å². The first-order chi connectivity index (χ1) is 13.2. The van der Waals surface area contributed by atoms with Crippen LogP contribution in [0.5, 0.6) is 0 Å². The zero-order valence-corrected chi connectivity index (χ0v) is 17.6. The van der Waals surface area contributed by atoms with Crippen LogP contribution >= 0.6 is 11.6 Å². The van der Waals surface area contributed by atoms with Crippen molar-refractivity contribution < 1.29 is 14.3 Å². The Morgan fingerprint density at radius 2 is 1.82 bits per heavy atom. The van der Waals surface area contributed by atoms with Crippen molar-refractivity contribution in [1.82, 2.24) is 19.2 Å². The van der Waals surface area contributed by atoms with Crippen molar-refractivity contribution in [2.24, 2.45) is 0 Å². The molecule has 0 unspecified atom stereocenters. The molecule has 0 atom stereocenters. The van der Waals surface area contributed by atoms with E-state index in [2.05, 4.69) is 4.98 Å². The lowest BCUT2D eigenvalue weighted by molar-refractivity contribution is 0.0255. The van der Waals surface area contributed by atoms with Crippen molar-refractivity contribution >= 4 is 29.2 Å². The molecule has 7 nitrogen and oxygen atoms in total. The molecule has 0 aromatic carbocycles. The monoisotopic (exact) mass is 406 g/mol. The van der Waals surface area contributed by atoms with Crippen LogP contribution in [-0.2, 0) is 11.2 Å². The Bertz CT molecular complexity index is 887. The fourth-order valence-corrected chi connectivity index (χ4v) is 3.48. The summed E-state index contributed by atoms with van der Waals surface area (Å²) in [6, 6.07) is 3.58. The molecule has 2 amide bonds. The van der Waals surface area contributed by atoms with Gasteiger partial charge in [-0.3, -0.25) is 9.20 Å². The molecule has 1 aliphatic rings. The van der Waals surface area contributed by atoms with Crippen LogP contribution in [0, 0.1) is 0 Å². The number of aryl methyl sites for hydroxylation is 1. The van der Waals surface area contributed by atoms with Gasteiger partial charge in [0.15, 0.2) is 0 Å². The third-order valence-corrected chi connectivity index (χ3v) is 4.85. The van der Waals surface area contributed by atoms with Crippen LogP contribution in [-0.4, -0.2) is 63.0 Å². The van der Waals surface area contributed by atoms with E-state index in [1.54, 1.807) is 26.5 Å². The minimum absolute atomic E-state index is 0.0855. The molecular formula is C20H27ClN4O3. The summed E-state index contributed by atoms with van der Waals surface area (Å²) in [5.41, 5.74) is 1.46. The van der Waals surface area contributed by atoms with Gasteiger partial charge in [0.2, 0.25) is 0 Å². The van der Waals surface area contributed by atoms with Gasteiger partial charge < -0.3 is 14.5 Å². The zero-order valence-electron chi connectivity index (χ0n) is 16.9. The van der Waals surface area contributed by atoms with E-state index in [0.717, 1.165) is 5.69 Å². The van der Waals surface area contributed by atoms with E-state index in [1.807, 2.05) is 33.8 Å². The second-order valence-electron chi connectivity index (χ2n) is 7.95. The van der Waals surface area contributed by atoms with E-state index in [9.17, 15) is 9.59 Å². The zero-order chi connectivity index (χ0) is 20.5. The third kappa shape index (κ3) is 4.41. The van der Waals surface area contributed by atoms with E-state index in [4.69, 9.17) is 16.3 Å². The summed E-state index contributed by atoms with van der Waals surface area (Å²) in [7, 11) is 0. The van der Waals surface area contributed by atoms with Crippen LogP contribution in [0.25, 0.3) is 5.65 Å². The minimum Gasteiger partial charge on any atom is -0.444 e. The number of ether oxygens (including phenoxy) is 1. The van der Waals surface area contributed by atoms with Crippen molar-refractivity contribution in [2.45, 2.75) is 46.1 Å². The third-order valence-electron chi connectivity index (χ3n) is 4.63. The van der Waals surface area contributed by atoms with Gasteiger partial charge in [-0.15, -0.1) is 0 Å². The molecule has 2 aromatic heterocycles. The lowest BCUT2D eigenvalue weighted by Crippen LogP contribution is -2.40. The molecule has 152 valence electrons. The first-order valence-corrected chi connectivity index (χ1v) is 10.0. The van der Waals surface area contributed by atoms with Gasteiger partial charge in [0.1, 0.15) is 16.9 Å². The molecule has 28 heavy (non-hydrogen) atoms. The molecule has 0 bridgehead atoms. The largest absolute Gasteiger partial charge is 0.444 e. The molecule has 0 N–H and O–H groups in total. The molecule has 3 heterocycles. The highest BCUT2D eigenvalue weighted by Crippen LogP contribution is 2.20. The van der Waals surface area contributed by atoms with Gasteiger partial charge in [-0.25, -0.2) is 9.78 Å². The molecule has 1 saturated heterocycles. The Kier molecular flexibility index (Phi) is 5.84. The first-order valence-electron chi connectivity index (χ1n) is 9.63. The summed E-state index contributed by atoms with van der Waals surface area (Å²) < 4.78 is 7.23. The number of fused-ring (bicyclic) bond motifs is 1. The second kappa shape index (κ2) is 7.99. The van der Waals surface area contributed by atoms with Crippen LogP contribution in [0.4, 0.5) is 4.79 Å². The average Bonchev–Trinajstić information content (AvgIpc) is 2.80. The maximum absolute atomic E-state index is 13.3. The Balaban J connectivity index is 1.80. The van der Waals surface area contributed by atoms with Crippen molar-refractivity contribution in [1.29, 1.82) is 0 Å². The molecule has 1 fully saturated rings. The van der Waals surface area contributed by atoms with E-state index in [1.165, 1.54) is 0 Å². The van der Waals surface area contributed by atoms with Gasteiger partial charge in [0, 0.05) is 32.4 Å². The predicted molar refractivity (Wildman–Crippen MR) is 108 cm³/mol. The Hall–Kier alpha value is -2.28. The molecule has 1 aliphatic heterocycles. The summed E-state index contributed by atoms with van der Waals surface area (Å²) in [4.78, 5) is 33.7. The van der Waals surface area contributed by atoms with Crippen LogP contribution in [0.2, 0.25) is 5.02 Å². The predicted octanol–water partition coefficient (Wildman–Crippen LogP) is 3.63. The molecule has 0 aliphatic carbocycles. The van der Waals surface area contributed by atoms with Gasteiger partial charge in [-0.05, 0) is 45.7 Å². The van der Waals surface area contributed by atoms with Gasteiger partial charge >= 0.3 is 6.09 Å². The average molecular weight is 407 g/mol. The standard InChI is InChI=1S/C20H27ClN4O3/c1-5-15-17(25-13-14(21)7-8-16(25)22-15)18(26)23-9-6-10-24(12-11-23)19(27)28-20(2,3)4/h7-8,13H,5-6,9-12H2,1-4H3. The molecule has 0 spiro atoms. The maximum atomic E-state index is 13.3.